The van der Waals surface area contributed by atoms with Gasteiger partial charge in [-0.15, -0.1) is 0 Å². The van der Waals surface area contributed by atoms with Crippen molar-refractivity contribution < 1.29 is 12.8 Å². The zero-order valence-electron chi connectivity index (χ0n) is 16.7. The first-order chi connectivity index (χ1) is 14.8. The van der Waals surface area contributed by atoms with Crippen LogP contribution in [0.25, 0.3) is 28.0 Å². The SMILES string of the molecule is Cc1ccn2cc(-c3ccc(C)c(NS(=O)(=O)c4ccc5oc(=O)[nH]c5c4)c3)nc2c1. The van der Waals surface area contributed by atoms with E-state index in [0.29, 0.717) is 16.8 Å². The lowest BCUT2D eigenvalue weighted by atomic mass is 10.1. The number of rotatable bonds is 4. The molecule has 2 N–H and O–H groups in total. The fraction of sp³-hybridized carbons (Fsp3) is 0.0909. The van der Waals surface area contributed by atoms with Crippen LogP contribution in [0.15, 0.2) is 75.0 Å². The lowest BCUT2D eigenvalue weighted by Gasteiger charge is -2.12. The van der Waals surface area contributed by atoms with Crippen molar-refractivity contribution in [2.75, 3.05) is 4.72 Å². The minimum Gasteiger partial charge on any atom is -0.408 e. The number of pyridine rings is 1. The molecule has 0 aliphatic carbocycles. The Morgan fingerprint density at radius 3 is 2.74 bits per heavy atom. The van der Waals surface area contributed by atoms with E-state index in [4.69, 9.17) is 4.42 Å². The topological polar surface area (TPSA) is 109 Å². The van der Waals surface area contributed by atoms with Crippen LogP contribution in [0.2, 0.25) is 0 Å². The molecule has 9 heteroatoms. The summed E-state index contributed by atoms with van der Waals surface area (Å²) < 4.78 is 35.5. The third kappa shape index (κ3) is 3.49. The van der Waals surface area contributed by atoms with Crippen LogP contribution in [-0.4, -0.2) is 22.8 Å². The molecule has 0 unspecified atom stereocenters. The Labute approximate surface area is 177 Å². The van der Waals surface area contributed by atoms with Crippen molar-refractivity contribution in [3.63, 3.8) is 0 Å². The number of sulfonamides is 1. The standard InChI is InChI=1S/C22H18N4O4S/c1-13-7-8-26-12-19(23-21(26)9-13)15-4-3-14(2)17(10-15)25-31(28,29)16-5-6-20-18(11-16)24-22(27)30-20/h3-12,25H,1-2H3,(H,24,27). The molecule has 0 saturated carbocycles. The lowest BCUT2D eigenvalue weighted by Crippen LogP contribution is -2.13. The predicted molar refractivity (Wildman–Crippen MR) is 118 cm³/mol. The smallest absolute Gasteiger partial charge is 0.408 e. The summed E-state index contributed by atoms with van der Waals surface area (Å²) in [6.07, 6.45) is 3.84. The van der Waals surface area contributed by atoms with Gasteiger partial charge in [-0.3, -0.25) is 9.71 Å². The second-order valence-corrected chi connectivity index (χ2v) is 9.09. The summed E-state index contributed by atoms with van der Waals surface area (Å²) in [5.41, 5.74) is 5.29. The van der Waals surface area contributed by atoms with Crippen molar-refractivity contribution in [1.29, 1.82) is 0 Å². The van der Waals surface area contributed by atoms with Gasteiger partial charge in [-0.05, 0) is 61.4 Å². The Morgan fingerprint density at radius 1 is 1.06 bits per heavy atom. The van der Waals surface area contributed by atoms with Gasteiger partial charge in [0, 0.05) is 18.0 Å². The molecule has 0 aliphatic rings. The van der Waals surface area contributed by atoms with E-state index in [1.165, 1.54) is 18.2 Å². The van der Waals surface area contributed by atoms with Gasteiger partial charge < -0.3 is 8.82 Å². The summed E-state index contributed by atoms with van der Waals surface area (Å²) in [7, 11) is -3.89. The van der Waals surface area contributed by atoms with E-state index in [0.717, 1.165) is 28.0 Å². The molecule has 156 valence electrons. The van der Waals surface area contributed by atoms with Crippen molar-refractivity contribution in [3.05, 3.63) is 82.6 Å². The molecule has 5 aromatic rings. The highest BCUT2D eigenvalue weighted by atomic mass is 32.2. The number of oxazole rings is 1. The first-order valence-electron chi connectivity index (χ1n) is 9.51. The zero-order chi connectivity index (χ0) is 21.8. The van der Waals surface area contributed by atoms with Crippen LogP contribution in [-0.2, 0) is 10.0 Å². The van der Waals surface area contributed by atoms with E-state index < -0.39 is 15.8 Å². The average Bonchev–Trinajstić information content (AvgIpc) is 3.30. The highest BCUT2D eigenvalue weighted by Gasteiger charge is 2.18. The van der Waals surface area contributed by atoms with E-state index in [9.17, 15) is 13.2 Å². The molecule has 2 aromatic carbocycles. The molecular formula is C22H18N4O4S. The number of aryl methyl sites for hydroxylation is 2. The second-order valence-electron chi connectivity index (χ2n) is 7.40. The number of aromatic amines is 1. The normalized spacial score (nSPS) is 11.9. The molecule has 0 spiro atoms. The number of nitrogens with zero attached hydrogens (tertiary/aromatic N) is 2. The Balaban J connectivity index is 1.52. The van der Waals surface area contributed by atoms with Gasteiger partial charge in [0.15, 0.2) is 5.58 Å². The molecule has 31 heavy (non-hydrogen) atoms. The van der Waals surface area contributed by atoms with Gasteiger partial charge in [-0.25, -0.2) is 18.2 Å². The average molecular weight is 434 g/mol. The van der Waals surface area contributed by atoms with Gasteiger partial charge in [0.05, 0.1) is 21.8 Å². The van der Waals surface area contributed by atoms with Crippen molar-refractivity contribution in [2.45, 2.75) is 18.7 Å². The maximum atomic E-state index is 13.0. The van der Waals surface area contributed by atoms with Crippen LogP contribution in [0.3, 0.4) is 0 Å². The van der Waals surface area contributed by atoms with Crippen LogP contribution < -0.4 is 10.5 Å². The maximum Gasteiger partial charge on any atom is 0.417 e. The molecule has 0 amide bonds. The van der Waals surface area contributed by atoms with Gasteiger partial charge in [0.25, 0.3) is 10.0 Å². The highest BCUT2D eigenvalue weighted by molar-refractivity contribution is 7.92. The minimum absolute atomic E-state index is 0.0186. The molecule has 5 rings (SSSR count). The van der Waals surface area contributed by atoms with Gasteiger partial charge in [-0.2, -0.15) is 0 Å². The Bertz CT molecular complexity index is 1630. The van der Waals surface area contributed by atoms with Gasteiger partial charge in [0.2, 0.25) is 0 Å². The molecule has 3 aromatic heterocycles. The first-order valence-corrected chi connectivity index (χ1v) is 11.0. The van der Waals surface area contributed by atoms with Crippen molar-refractivity contribution in [1.82, 2.24) is 14.4 Å². The minimum atomic E-state index is -3.89. The van der Waals surface area contributed by atoms with Crippen LogP contribution in [0, 0.1) is 13.8 Å². The summed E-state index contributed by atoms with van der Waals surface area (Å²) in [4.78, 5) is 18.5. The van der Waals surface area contributed by atoms with Gasteiger partial charge in [0.1, 0.15) is 5.65 Å². The number of hydrogen-bond donors (Lipinski definition) is 2. The highest BCUT2D eigenvalue weighted by Crippen LogP contribution is 2.28. The van der Waals surface area contributed by atoms with Crippen LogP contribution in [0.5, 0.6) is 0 Å². The number of benzene rings is 2. The molecule has 0 radical (unpaired) electrons. The molecule has 0 atom stereocenters. The Kier molecular flexibility index (Phi) is 4.23. The quantitative estimate of drug-likeness (QED) is 0.446. The number of hydrogen-bond acceptors (Lipinski definition) is 5. The molecule has 0 bridgehead atoms. The predicted octanol–water partition coefficient (Wildman–Crippen LogP) is 3.85. The maximum absolute atomic E-state index is 13.0. The fourth-order valence-electron chi connectivity index (χ4n) is 3.42. The van der Waals surface area contributed by atoms with Gasteiger partial charge in [-0.1, -0.05) is 12.1 Å². The van der Waals surface area contributed by atoms with E-state index >= 15 is 0 Å². The molecule has 3 heterocycles. The van der Waals surface area contributed by atoms with Crippen molar-refractivity contribution in [3.8, 4) is 11.3 Å². The van der Waals surface area contributed by atoms with Gasteiger partial charge >= 0.3 is 5.76 Å². The summed E-state index contributed by atoms with van der Waals surface area (Å²) in [5, 5.41) is 0. The number of nitrogens with one attached hydrogen (secondary N) is 2. The lowest BCUT2D eigenvalue weighted by molar-refractivity contribution is 0.555. The molecule has 0 fully saturated rings. The molecule has 8 nitrogen and oxygen atoms in total. The Morgan fingerprint density at radius 2 is 1.90 bits per heavy atom. The summed E-state index contributed by atoms with van der Waals surface area (Å²) in [6.45, 7) is 3.83. The number of fused-ring (bicyclic) bond motifs is 2. The number of anilines is 1. The largest absolute Gasteiger partial charge is 0.417 e. The molecule has 0 saturated heterocycles. The zero-order valence-corrected chi connectivity index (χ0v) is 17.5. The van der Waals surface area contributed by atoms with Crippen LogP contribution >= 0.6 is 0 Å². The monoisotopic (exact) mass is 434 g/mol. The molecule has 0 aliphatic heterocycles. The van der Waals surface area contributed by atoms with E-state index in [1.54, 1.807) is 6.07 Å². The molecular weight excluding hydrogens is 416 g/mol. The Hall–Kier alpha value is -3.85. The van der Waals surface area contributed by atoms with Crippen LogP contribution in [0.1, 0.15) is 11.1 Å². The third-order valence-corrected chi connectivity index (χ3v) is 6.46. The third-order valence-electron chi connectivity index (χ3n) is 5.09. The number of H-pyrrole nitrogens is 1. The fourth-order valence-corrected chi connectivity index (χ4v) is 4.56. The van der Waals surface area contributed by atoms with Crippen molar-refractivity contribution in [2.24, 2.45) is 0 Å². The van der Waals surface area contributed by atoms with E-state index in [-0.39, 0.29) is 4.90 Å². The number of imidazole rings is 1. The van der Waals surface area contributed by atoms with E-state index in [1.807, 2.05) is 54.9 Å². The van der Waals surface area contributed by atoms with Crippen LogP contribution in [0.4, 0.5) is 5.69 Å². The first kappa shape index (κ1) is 19.1. The van der Waals surface area contributed by atoms with E-state index in [2.05, 4.69) is 14.7 Å². The van der Waals surface area contributed by atoms with Crippen molar-refractivity contribution >= 4 is 32.5 Å². The summed E-state index contributed by atoms with van der Waals surface area (Å²) >= 11 is 0. The number of aromatic nitrogens is 3. The summed E-state index contributed by atoms with van der Waals surface area (Å²) in [5.74, 6) is -0.635. The second kappa shape index (κ2) is 6.85. The summed E-state index contributed by atoms with van der Waals surface area (Å²) in [6, 6.07) is 13.7.